The Bertz CT molecular complexity index is 1460. The van der Waals surface area contributed by atoms with Crippen molar-refractivity contribution in [1.82, 2.24) is 28.0 Å². The molecule has 1 aromatic carbocycles. The number of fused-ring (bicyclic) bond motifs is 3. The molecule has 4 aromatic rings. The Morgan fingerprint density at radius 2 is 1.76 bits per heavy atom. The topological polar surface area (TPSA) is 78.7 Å². The predicted octanol–water partition coefficient (Wildman–Crippen LogP) is 2.15. The summed E-state index contributed by atoms with van der Waals surface area (Å²) >= 11 is 12.6. The summed E-state index contributed by atoms with van der Waals surface area (Å²) in [6, 6.07) is 5.10. The number of nitrogens with zero attached hydrogens (tertiary/aromatic N) is 6. The quantitative estimate of drug-likeness (QED) is 0.428. The van der Waals surface area contributed by atoms with Gasteiger partial charge in [-0.1, -0.05) is 29.3 Å². The number of benzene rings is 1. The molecule has 5 rings (SSSR count). The molecule has 0 amide bonds. The summed E-state index contributed by atoms with van der Waals surface area (Å²) < 4.78 is 11.8. The highest BCUT2D eigenvalue weighted by Gasteiger charge is 2.21. The van der Waals surface area contributed by atoms with E-state index in [2.05, 4.69) is 14.5 Å². The van der Waals surface area contributed by atoms with Gasteiger partial charge in [-0.25, -0.2) is 4.79 Å². The minimum atomic E-state index is -0.471. The summed E-state index contributed by atoms with van der Waals surface area (Å²) in [5.74, 6) is 0.636. The average molecular weight is 491 g/mol. The summed E-state index contributed by atoms with van der Waals surface area (Å²) in [6.45, 7) is 6.82. The number of imidazole rings is 2. The van der Waals surface area contributed by atoms with E-state index in [4.69, 9.17) is 27.9 Å². The zero-order valence-corrected chi connectivity index (χ0v) is 19.9. The minimum absolute atomic E-state index is 0.0239. The number of aromatic nitrogens is 5. The van der Waals surface area contributed by atoms with Gasteiger partial charge in [-0.05, 0) is 19.1 Å². The molecular weight excluding hydrogens is 467 g/mol. The van der Waals surface area contributed by atoms with Crippen LogP contribution in [-0.2, 0) is 24.9 Å². The van der Waals surface area contributed by atoms with Crippen molar-refractivity contribution >= 4 is 40.1 Å². The Morgan fingerprint density at radius 3 is 2.45 bits per heavy atom. The van der Waals surface area contributed by atoms with Crippen molar-refractivity contribution in [2.24, 2.45) is 7.05 Å². The van der Waals surface area contributed by atoms with Gasteiger partial charge in [0.05, 0.1) is 19.8 Å². The first kappa shape index (κ1) is 22.2. The van der Waals surface area contributed by atoms with Crippen LogP contribution in [0.3, 0.4) is 0 Å². The number of ether oxygens (including phenoxy) is 1. The van der Waals surface area contributed by atoms with Gasteiger partial charge in [-0.2, -0.15) is 4.98 Å². The molecule has 1 saturated heterocycles. The van der Waals surface area contributed by atoms with Gasteiger partial charge in [0.1, 0.15) is 0 Å². The van der Waals surface area contributed by atoms with Gasteiger partial charge in [0.25, 0.3) is 5.56 Å². The monoisotopic (exact) mass is 490 g/mol. The molecule has 0 radical (unpaired) electrons. The first-order chi connectivity index (χ1) is 15.9. The maximum atomic E-state index is 13.5. The van der Waals surface area contributed by atoms with E-state index in [1.807, 2.05) is 13.1 Å². The average Bonchev–Trinajstić information content (AvgIpc) is 3.31. The molecule has 0 atom stereocenters. The third-order valence-electron chi connectivity index (χ3n) is 6.26. The van der Waals surface area contributed by atoms with E-state index >= 15 is 0 Å². The summed E-state index contributed by atoms with van der Waals surface area (Å²) in [6.07, 6.45) is 1.89. The Hall–Kier alpha value is -2.59. The molecular formula is C22H24Cl2N6O3. The third-order valence-corrected chi connectivity index (χ3v) is 6.97. The van der Waals surface area contributed by atoms with E-state index < -0.39 is 11.2 Å². The molecule has 9 nitrogen and oxygen atoms in total. The molecule has 0 unspecified atom stereocenters. The predicted molar refractivity (Wildman–Crippen MR) is 128 cm³/mol. The Labute approximate surface area is 199 Å². The van der Waals surface area contributed by atoms with E-state index in [0.717, 1.165) is 49.7 Å². The molecule has 0 spiro atoms. The van der Waals surface area contributed by atoms with Crippen molar-refractivity contribution in [2.75, 3.05) is 32.8 Å². The molecule has 0 bridgehead atoms. The van der Waals surface area contributed by atoms with Crippen LogP contribution in [0.15, 0.2) is 34.0 Å². The van der Waals surface area contributed by atoms with Crippen molar-refractivity contribution in [3.63, 3.8) is 0 Å². The summed E-state index contributed by atoms with van der Waals surface area (Å²) in [4.78, 5) is 33.6. The molecule has 33 heavy (non-hydrogen) atoms. The van der Waals surface area contributed by atoms with Crippen molar-refractivity contribution in [3.05, 3.63) is 66.5 Å². The smallest absolute Gasteiger partial charge is 0.332 e. The maximum absolute atomic E-state index is 13.5. The highest BCUT2D eigenvalue weighted by Crippen LogP contribution is 2.25. The van der Waals surface area contributed by atoms with E-state index in [0.29, 0.717) is 32.6 Å². The highest BCUT2D eigenvalue weighted by atomic mass is 35.5. The largest absolute Gasteiger partial charge is 0.379 e. The molecule has 0 saturated carbocycles. The molecule has 0 N–H and O–H groups in total. The van der Waals surface area contributed by atoms with Gasteiger partial charge in [-0.15, -0.1) is 0 Å². The van der Waals surface area contributed by atoms with Crippen molar-refractivity contribution in [3.8, 4) is 0 Å². The fourth-order valence-corrected chi connectivity index (χ4v) is 4.90. The lowest BCUT2D eigenvalue weighted by Gasteiger charge is -2.26. The number of hydrogen-bond donors (Lipinski definition) is 0. The van der Waals surface area contributed by atoms with E-state index in [1.165, 1.54) is 4.57 Å². The lowest BCUT2D eigenvalue weighted by atomic mass is 10.2. The normalized spacial score (nSPS) is 15.2. The van der Waals surface area contributed by atoms with Gasteiger partial charge >= 0.3 is 5.69 Å². The lowest BCUT2D eigenvalue weighted by molar-refractivity contribution is 0.0364. The number of aryl methyl sites for hydroxylation is 2. The fourth-order valence-electron chi connectivity index (χ4n) is 4.38. The van der Waals surface area contributed by atoms with Gasteiger partial charge < -0.3 is 9.30 Å². The molecule has 4 heterocycles. The van der Waals surface area contributed by atoms with Gasteiger partial charge in [0.2, 0.25) is 5.78 Å². The Balaban J connectivity index is 1.61. The number of hydrogen-bond acceptors (Lipinski definition) is 5. The molecule has 174 valence electrons. The van der Waals surface area contributed by atoms with E-state index in [1.54, 1.807) is 29.6 Å². The standard InChI is InChI=1S/C22H24Cl2N6O3/c1-14-12-29-18-19(25-21(29)28(14)7-6-27-8-10-33-11-9-27)26(2)22(32)30(20(18)31)13-15-16(23)4-3-5-17(15)24/h3-5,12H,6-11,13H2,1-2H3. The van der Waals surface area contributed by atoms with Crippen molar-refractivity contribution < 1.29 is 4.74 Å². The van der Waals surface area contributed by atoms with Crippen LogP contribution in [-0.4, -0.2) is 60.8 Å². The number of halogens is 2. The maximum Gasteiger partial charge on any atom is 0.332 e. The van der Waals surface area contributed by atoms with Crippen LogP contribution < -0.4 is 11.2 Å². The van der Waals surface area contributed by atoms with Crippen LogP contribution in [0.4, 0.5) is 0 Å². The van der Waals surface area contributed by atoms with Crippen molar-refractivity contribution in [1.29, 1.82) is 0 Å². The molecule has 1 fully saturated rings. The van der Waals surface area contributed by atoms with Crippen LogP contribution in [0.5, 0.6) is 0 Å². The zero-order valence-electron chi connectivity index (χ0n) is 18.4. The second-order valence-corrected chi connectivity index (χ2v) is 9.08. The molecule has 1 aliphatic heterocycles. The molecule has 3 aromatic heterocycles. The van der Waals surface area contributed by atoms with Crippen LogP contribution in [0.1, 0.15) is 11.3 Å². The SMILES string of the molecule is Cc1cn2c3c(=O)n(Cc4c(Cl)cccc4Cl)c(=O)n(C)c3nc2n1CCN1CCOCC1. The molecule has 1 aliphatic rings. The van der Waals surface area contributed by atoms with Crippen LogP contribution in [0.25, 0.3) is 16.9 Å². The Morgan fingerprint density at radius 1 is 1.06 bits per heavy atom. The first-order valence-corrected chi connectivity index (χ1v) is 11.5. The number of rotatable bonds is 5. The van der Waals surface area contributed by atoms with Crippen LogP contribution in [0.2, 0.25) is 10.0 Å². The third kappa shape index (κ3) is 3.78. The van der Waals surface area contributed by atoms with Gasteiger partial charge in [0, 0.05) is 60.7 Å². The molecule has 0 aliphatic carbocycles. The summed E-state index contributed by atoms with van der Waals surface area (Å²) in [5.41, 5.74) is 1.31. The fraction of sp³-hybridized carbons (Fsp3) is 0.409. The highest BCUT2D eigenvalue weighted by molar-refractivity contribution is 6.35. The summed E-state index contributed by atoms with van der Waals surface area (Å²) in [5, 5.41) is 0.806. The van der Waals surface area contributed by atoms with Crippen LogP contribution >= 0.6 is 23.2 Å². The van der Waals surface area contributed by atoms with Crippen molar-refractivity contribution in [2.45, 2.75) is 20.0 Å². The Kier molecular flexibility index (Phi) is 5.82. The first-order valence-electron chi connectivity index (χ1n) is 10.8. The minimum Gasteiger partial charge on any atom is -0.379 e. The lowest BCUT2D eigenvalue weighted by Crippen LogP contribution is -2.39. The second-order valence-electron chi connectivity index (χ2n) is 8.26. The zero-order chi connectivity index (χ0) is 23.3. The van der Waals surface area contributed by atoms with Gasteiger partial charge in [0.15, 0.2) is 11.2 Å². The second kappa shape index (κ2) is 8.64. The van der Waals surface area contributed by atoms with E-state index in [9.17, 15) is 9.59 Å². The molecule has 11 heteroatoms. The summed E-state index contributed by atoms with van der Waals surface area (Å²) in [7, 11) is 1.62. The van der Waals surface area contributed by atoms with E-state index in [-0.39, 0.29) is 6.54 Å². The van der Waals surface area contributed by atoms with Crippen LogP contribution in [0, 0.1) is 6.92 Å². The van der Waals surface area contributed by atoms with Gasteiger partial charge in [-0.3, -0.25) is 23.2 Å². The number of morpholine rings is 1.